The number of ether oxygens (including phenoxy) is 1. The molecule has 144 valence electrons. The standard InChI is InChI=1S/C19H32N6O/c1-20-18-10-19(24-13-23-18)25-8-3-4-14(25)11-22-16-6-2-5-15(16)17-12-26-9-7-21-17/h10,13-17,21-22H,2-9,11-12H2,1H3,(H,20,23,24). The summed E-state index contributed by atoms with van der Waals surface area (Å²) in [6.45, 7) is 4.83. The smallest absolute Gasteiger partial charge is 0.134 e. The fourth-order valence-corrected chi connectivity index (χ4v) is 4.86. The molecule has 4 rings (SSSR count). The maximum Gasteiger partial charge on any atom is 0.134 e. The van der Waals surface area contributed by atoms with Crippen LogP contribution in [0.3, 0.4) is 0 Å². The first kappa shape index (κ1) is 17.9. The zero-order chi connectivity index (χ0) is 17.8. The predicted octanol–water partition coefficient (Wildman–Crippen LogP) is 1.23. The number of hydrogen-bond donors (Lipinski definition) is 3. The molecule has 3 N–H and O–H groups in total. The number of morpholine rings is 1. The van der Waals surface area contributed by atoms with Crippen molar-refractivity contribution in [2.75, 3.05) is 50.1 Å². The third-order valence-corrected chi connectivity index (χ3v) is 6.23. The molecule has 7 nitrogen and oxygen atoms in total. The van der Waals surface area contributed by atoms with E-state index in [4.69, 9.17) is 4.74 Å². The van der Waals surface area contributed by atoms with Gasteiger partial charge in [-0.15, -0.1) is 0 Å². The highest BCUT2D eigenvalue weighted by molar-refractivity contribution is 5.49. The van der Waals surface area contributed by atoms with Crippen LogP contribution < -0.4 is 20.9 Å². The van der Waals surface area contributed by atoms with Gasteiger partial charge in [0.2, 0.25) is 0 Å². The zero-order valence-corrected chi connectivity index (χ0v) is 15.8. The molecule has 7 heteroatoms. The molecule has 3 heterocycles. The Kier molecular flexibility index (Phi) is 5.87. The Hall–Kier alpha value is -1.44. The molecule has 1 aromatic rings. The molecule has 1 aliphatic carbocycles. The van der Waals surface area contributed by atoms with Crippen LogP contribution >= 0.6 is 0 Å². The molecule has 0 bridgehead atoms. The van der Waals surface area contributed by atoms with Crippen LogP contribution in [0.2, 0.25) is 0 Å². The van der Waals surface area contributed by atoms with Crippen molar-refractivity contribution in [2.24, 2.45) is 5.92 Å². The average Bonchev–Trinajstić information content (AvgIpc) is 3.36. The van der Waals surface area contributed by atoms with E-state index in [0.29, 0.717) is 24.0 Å². The number of anilines is 2. The number of aromatic nitrogens is 2. The minimum atomic E-state index is 0.517. The molecule has 0 radical (unpaired) electrons. The van der Waals surface area contributed by atoms with Gasteiger partial charge in [0.05, 0.1) is 13.2 Å². The summed E-state index contributed by atoms with van der Waals surface area (Å²) in [6.07, 6.45) is 8.04. The van der Waals surface area contributed by atoms with E-state index in [2.05, 4.69) is 36.9 Å². The molecule has 3 aliphatic rings. The third-order valence-electron chi connectivity index (χ3n) is 6.23. The predicted molar refractivity (Wildman–Crippen MR) is 104 cm³/mol. The lowest BCUT2D eigenvalue weighted by molar-refractivity contribution is 0.0524. The van der Waals surface area contributed by atoms with Gasteiger partial charge < -0.3 is 25.6 Å². The van der Waals surface area contributed by atoms with Crippen molar-refractivity contribution in [1.82, 2.24) is 20.6 Å². The second kappa shape index (κ2) is 8.50. The first-order valence-electron chi connectivity index (χ1n) is 10.2. The molecular weight excluding hydrogens is 328 g/mol. The highest BCUT2D eigenvalue weighted by Gasteiger charge is 2.35. The van der Waals surface area contributed by atoms with Crippen LogP contribution in [-0.2, 0) is 4.74 Å². The number of nitrogens with zero attached hydrogens (tertiary/aromatic N) is 3. The van der Waals surface area contributed by atoms with Crippen LogP contribution in [-0.4, -0.2) is 68.0 Å². The summed E-state index contributed by atoms with van der Waals surface area (Å²) in [5.74, 6) is 2.62. The van der Waals surface area contributed by atoms with Gasteiger partial charge in [0.25, 0.3) is 0 Å². The van der Waals surface area contributed by atoms with E-state index in [1.54, 1.807) is 6.33 Å². The number of rotatable bonds is 6. The minimum absolute atomic E-state index is 0.517. The van der Waals surface area contributed by atoms with Crippen molar-refractivity contribution in [3.63, 3.8) is 0 Å². The van der Waals surface area contributed by atoms with Crippen LogP contribution in [0.25, 0.3) is 0 Å². The Labute approximate surface area is 156 Å². The van der Waals surface area contributed by atoms with E-state index >= 15 is 0 Å². The second-order valence-electron chi connectivity index (χ2n) is 7.75. The lowest BCUT2D eigenvalue weighted by Gasteiger charge is -2.34. The molecule has 3 fully saturated rings. The maximum absolute atomic E-state index is 5.70. The molecule has 2 saturated heterocycles. The highest BCUT2D eigenvalue weighted by Crippen LogP contribution is 2.30. The summed E-state index contributed by atoms with van der Waals surface area (Å²) in [4.78, 5) is 11.2. The topological polar surface area (TPSA) is 74.3 Å². The van der Waals surface area contributed by atoms with Gasteiger partial charge in [-0.2, -0.15) is 0 Å². The lowest BCUT2D eigenvalue weighted by Crippen LogP contribution is -2.52. The Morgan fingerprint density at radius 1 is 1.27 bits per heavy atom. The van der Waals surface area contributed by atoms with Crippen LogP contribution in [0.1, 0.15) is 32.1 Å². The van der Waals surface area contributed by atoms with Crippen LogP contribution in [0, 0.1) is 5.92 Å². The zero-order valence-electron chi connectivity index (χ0n) is 15.8. The summed E-state index contributed by atoms with van der Waals surface area (Å²) in [7, 11) is 1.90. The third kappa shape index (κ3) is 3.94. The maximum atomic E-state index is 5.70. The van der Waals surface area contributed by atoms with E-state index in [1.165, 1.54) is 32.1 Å². The van der Waals surface area contributed by atoms with Crippen molar-refractivity contribution in [3.8, 4) is 0 Å². The van der Waals surface area contributed by atoms with Crippen LogP contribution in [0.4, 0.5) is 11.6 Å². The lowest BCUT2D eigenvalue weighted by atomic mass is 9.94. The fraction of sp³-hybridized carbons (Fsp3) is 0.789. The average molecular weight is 361 g/mol. The Balaban J connectivity index is 1.35. The summed E-state index contributed by atoms with van der Waals surface area (Å²) in [6, 6.07) is 3.70. The Morgan fingerprint density at radius 3 is 3.08 bits per heavy atom. The van der Waals surface area contributed by atoms with Gasteiger partial charge in [0, 0.05) is 50.9 Å². The van der Waals surface area contributed by atoms with Gasteiger partial charge in [-0.1, -0.05) is 6.42 Å². The minimum Gasteiger partial charge on any atom is -0.379 e. The van der Waals surface area contributed by atoms with Crippen molar-refractivity contribution in [2.45, 2.75) is 50.2 Å². The molecule has 26 heavy (non-hydrogen) atoms. The summed E-state index contributed by atoms with van der Waals surface area (Å²) in [5.41, 5.74) is 0. The van der Waals surface area contributed by atoms with E-state index in [9.17, 15) is 0 Å². The van der Waals surface area contributed by atoms with Gasteiger partial charge in [-0.25, -0.2) is 9.97 Å². The normalized spacial score (nSPS) is 32.1. The first-order valence-corrected chi connectivity index (χ1v) is 10.2. The van der Waals surface area contributed by atoms with Gasteiger partial charge in [0.1, 0.15) is 18.0 Å². The molecule has 4 unspecified atom stereocenters. The summed E-state index contributed by atoms with van der Waals surface area (Å²) in [5, 5.41) is 10.7. The number of hydrogen-bond acceptors (Lipinski definition) is 7. The Bertz CT molecular complexity index is 579. The van der Waals surface area contributed by atoms with Gasteiger partial charge in [-0.3, -0.25) is 0 Å². The highest BCUT2D eigenvalue weighted by atomic mass is 16.5. The largest absolute Gasteiger partial charge is 0.379 e. The van der Waals surface area contributed by atoms with E-state index in [1.807, 2.05) is 7.05 Å². The molecule has 0 spiro atoms. The summed E-state index contributed by atoms with van der Waals surface area (Å²) < 4.78 is 5.70. The molecular formula is C19H32N6O. The SMILES string of the molecule is CNc1cc(N2CCCC2CNC2CCCC2C2COCCN2)ncn1. The van der Waals surface area contributed by atoms with Gasteiger partial charge >= 0.3 is 0 Å². The van der Waals surface area contributed by atoms with E-state index < -0.39 is 0 Å². The van der Waals surface area contributed by atoms with Crippen molar-refractivity contribution >= 4 is 11.6 Å². The quantitative estimate of drug-likeness (QED) is 0.705. The van der Waals surface area contributed by atoms with E-state index in [0.717, 1.165) is 44.5 Å². The molecule has 2 aliphatic heterocycles. The molecule has 4 atom stereocenters. The molecule has 0 aromatic carbocycles. The van der Waals surface area contributed by atoms with Gasteiger partial charge in [-0.05, 0) is 31.6 Å². The van der Waals surface area contributed by atoms with Gasteiger partial charge in [0.15, 0.2) is 0 Å². The van der Waals surface area contributed by atoms with Crippen molar-refractivity contribution < 1.29 is 4.74 Å². The Morgan fingerprint density at radius 2 is 2.23 bits per heavy atom. The summed E-state index contributed by atoms with van der Waals surface area (Å²) >= 11 is 0. The van der Waals surface area contributed by atoms with Crippen LogP contribution in [0.15, 0.2) is 12.4 Å². The van der Waals surface area contributed by atoms with Crippen LogP contribution in [0.5, 0.6) is 0 Å². The molecule has 1 saturated carbocycles. The monoisotopic (exact) mass is 360 g/mol. The van der Waals surface area contributed by atoms with Crippen molar-refractivity contribution in [3.05, 3.63) is 12.4 Å². The molecule has 1 aromatic heterocycles. The fourth-order valence-electron chi connectivity index (χ4n) is 4.86. The second-order valence-corrected chi connectivity index (χ2v) is 7.75. The van der Waals surface area contributed by atoms with E-state index in [-0.39, 0.29) is 0 Å². The number of nitrogens with one attached hydrogen (secondary N) is 3. The first-order chi connectivity index (χ1) is 12.8. The van der Waals surface area contributed by atoms with Crippen molar-refractivity contribution in [1.29, 1.82) is 0 Å². The molecule has 0 amide bonds.